The second-order valence-electron chi connectivity index (χ2n) is 6.08. The molecule has 2 aromatic carbocycles. The zero-order chi connectivity index (χ0) is 19.9. The summed E-state index contributed by atoms with van der Waals surface area (Å²) in [6.07, 6.45) is 3.11. The predicted molar refractivity (Wildman–Crippen MR) is 102 cm³/mol. The van der Waals surface area contributed by atoms with E-state index in [1.807, 2.05) is 12.1 Å². The number of carbonyl (C=O) groups is 2. The average molecular weight is 384 g/mol. The van der Waals surface area contributed by atoms with Gasteiger partial charge in [0.15, 0.2) is 11.5 Å². The zero-order valence-electron chi connectivity index (χ0n) is 15.0. The van der Waals surface area contributed by atoms with Crippen molar-refractivity contribution in [2.75, 3.05) is 13.3 Å². The standard InChI is InChI=1S/C18H18N2O2.C2H2O4/c1-2-4-16-15(3-1)14(11-20-16)7-8-19-10-13-5-6-17-18(9-13)22-12-21-17;3-1(4)2(5)6/h1-6,9,11,19-20H,7-8,10,12H2;(H,3,4)(H,5,6). The first-order valence-corrected chi connectivity index (χ1v) is 8.65. The molecule has 0 radical (unpaired) electrons. The Morgan fingerprint density at radius 3 is 2.57 bits per heavy atom. The van der Waals surface area contributed by atoms with Crippen molar-refractivity contribution in [1.29, 1.82) is 0 Å². The summed E-state index contributed by atoms with van der Waals surface area (Å²) in [6.45, 7) is 2.10. The highest BCUT2D eigenvalue weighted by Gasteiger charge is 2.12. The Labute approximate surface area is 160 Å². The summed E-state index contributed by atoms with van der Waals surface area (Å²) in [5, 5.41) is 19.6. The maximum atomic E-state index is 9.10. The molecule has 28 heavy (non-hydrogen) atoms. The van der Waals surface area contributed by atoms with Gasteiger partial charge in [0.25, 0.3) is 0 Å². The lowest BCUT2D eigenvalue weighted by atomic mass is 10.1. The molecule has 8 nitrogen and oxygen atoms in total. The van der Waals surface area contributed by atoms with Crippen molar-refractivity contribution in [2.24, 2.45) is 0 Å². The largest absolute Gasteiger partial charge is 0.473 e. The molecule has 8 heteroatoms. The van der Waals surface area contributed by atoms with Crippen molar-refractivity contribution < 1.29 is 29.3 Å². The molecular weight excluding hydrogens is 364 g/mol. The van der Waals surface area contributed by atoms with E-state index in [1.165, 1.54) is 22.0 Å². The van der Waals surface area contributed by atoms with Crippen LogP contribution in [0.3, 0.4) is 0 Å². The number of hydrogen-bond acceptors (Lipinski definition) is 5. The highest BCUT2D eigenvalue weighted by atomic mass is 16.7. The lowest BCUT2D eigenvalue weighted by Crippen LogP contribution is -2.16. The van der Waals surface area contributed by atoms with Gasteiger partial charge in [0.05, 0.1) is 0 Å². The van der Waals surface area contributed by atoms with Gasteiger partial charge in [-0.25, -0.2) is 9.59 Å². The van der Waals surface area contributed by atoms with Crippen LogP contribution in [0.1, 0.15) is 11.1 Å². The van der Waals surface area contributed by atoms with Gasteiger partial charge in [-0.05, 0) is 42.3 Å². The predicted octanol–water partition coefficient (Wildman–Crippen LogP) is 2.38. The fraction of sp³-hybridized carbons (Fsp3) is 0.200. The molecule has 1 aliphatic heterocycles. The Hall–Kier alpha value is -3.52. The molecule has 146 valence electrons. The third-order valence-corrected chi connectivity index (χ3v) is 4.20. The molecule has 0 saturated carbocycles. The van der Waals surface area contributed by atoms with Crippen molar-refractivity contribution >= 4 is 22.8 Å². The van der Waals surface area contributed by atoms with E-state index in [0.717, 1.165) is 31.0 Å². The van der Waals surface area contributed by atoms with Crippen LogP contribution in [0, 0.1) is 0 Å². The van der Waals surface area contributed by atoms with Crippen molar-refractivity contribution in [2.45, 2.75) is 13.0 Å². The lowest BCUT2D eigenvalue weighted by molar-refractivity contribution is -0.159. The number of benzene rings is 2. The number of rotatable bonds is 5. The summed E-state index contributed by atoms with van der Waals surface area (Å²) in [5.41, 5.74) is 3.77. The number of H-pyrrole nitrogens is 1. The fourth-order valence-corrected chi connectivity index (χ4v) is 2.85. The van der Waals surface area contributed by atoms with Gasteiger partial charge in [0.1, 0.15) is 0 Å². The maximum absolute atomic E-state index is 9.10. The van der Waals surface area contributed by atoms with E-state index in [-0.39, 0.29) is 0 Å². The van der Waals surface area contributed by atoms with E-state index >= 15 is 0 Å². The van der Waals surface area contributed by atoms with Crippen LogP contribution in [0.5, 0.6) is 11.5 Å². The van der Waals surface area contributed by atoms with Crippen LogP contribution in [0.25, 0.3) is 10.9 Å². The summed E-state index contributed by atoms with van der Waals surface area (Å²) in [6, 6.07) is 14.5. The molecule has 0 unspecified atom stereocenters. The summed E-state index contributed by atoms with van der Waals surface area (Å²) in [5.74, 6) is -1.97. The number of aromatic amines is 1. The molecule has 1 aliphatic rings. The van der Waals surface area contributed by atoms with Crippen molar-refractivity contribution in [3.8, 4) is 11.5 Å². The third kappa shape index (κ3) is 4.80. The number of aliphatic carboxylic acids is 2. The summed E-state index contributed by atoms with van der Waals surface area (Å²) in [4.78, 5) is 21.5. The first-order chi connectivity index (χ1) is 13.5. The molecule has 0 bridgehead atoms. The number of fused-ring (bicyclic) bond motifs is 2. The van der Waals surface area contributed by atoms with Crippen molar-refractivity contribution in [3.63, 3.8) is 0 Å². The molecule has 0 spiro atoms. The van der Waals surface area contributed by atoms with Gasteiger partial charge in [0.2, 0.25) is 6.79 Å². The number of hydrogen-bond donors (Lipinski definition) is 4. The van der Waals surface area contributed by atoms with E-state index in [2.05, 4.69) is 46.8 Å². The first kappa shape index (κ1) is 19.2. The maximum Gasteiger partial charge on any atom is 0.414 e. The molecule has 1 aromatic heterocycles. The van der Waals surface area contributed by atoms with Crippen LogP contribution >= 0.6 is 0 Å². The molecule has 0 fully saturated rings. The van der Waals surface area contributed by atoms with Gasteiger partial charge in [-0.3, -0.25) is 0 Å². The third-order valence-electron chi connectivity index (χ3n) is 4.20. The molecule has 0 amide bonds. The number of para-hydroxylation sites is 1. The van der Waals surface area contributed by atoms with Crippen LogP contribution < -0.4 is 14.8 Å². The zero-order valence-corrected chi connectivity index (χ0v) is 15.0. The minimum absolute atomic E-state index is 0.326. The Kier molecular flexibility index (Phi) is 6.13. The Bertz CT molecular complexity index is 970. The topological polar surface area (TPSA) is 121 Å². The minimum atomic E-state index is -1.82. The highest BCUT2D eigenvalue weighted by Crippen LogP contribution is 2.32. The molecule has 0 aliphatic carbocycles. The van der Waals surface area contributed by atoms with Gasteiger partial charge in [-0.2, -0.15) is 0 Å². The number of aromatic nitrogens is 1. The Morgan fingerprint density at radius 1 is 1.04 bits per heavy atom. The van der Waals surface area contributed by atoms with E-state index in [1.54, 1.807) is 0 Å². The smallest absolute Gasteiger partial charge is 0.414 e. The number of nitrogens with one attached hydrogen (secondary N) is 2. The van der Waals surface area contributed by atoms with Gasteiger partial charge < -0.3 is 30.0 Å². The molecule has 4 rings (SSSR count). The van der Waals surface area contributed by atoms with Gasteiger partial charge >= 0.3 is 11.9 Å². The molecular formula is C20H20N2O6. The summed E-state index contributed by atoms with van der Waals surface area (Å²) in [7, 11) is 0. The lowest BCUT2D eigenvalue weighted by Gasteiger charge is -2.05. The molecule has 0 saturated heterocycles. The normalized spacial score (nSPS) is 11.7. The highest BCUT2D eigenvalue weighted by molar-refractivity contribution is 6.27. The van der Waals surface area contributed by atoms with Crippen LogP contribution in [-0.2, 0) is 22.6 Å². The van der Waals surface area contributed by atoms with Crippen LogP contribution in [0.2, 0.25) is 0 Å². The van der Waals surface area contributed by atoms with Gasteiger partial charge in [-0.1, -0.05) is 24.3 Å². The van der Waals surface area contributed by atoms with E-state index < -0.39 is 11.9 Å². The fourth-order valence-electron chi connectivity index (χ4n) is 2.85. The van der Waals surface area contributed by atoms with Crippen LogP contribution in [-0.4, -0.2) is 40.5 Å². The second-order valence-corrected chi connectivity index (χ2v) is 6.08. The second kappa shape index (κ2) is 8.92. The molecule has 0 atom stereocenters. The van der Waals surface area contributed by atoms with Crippen molar-refractivity contribution in [1.82, 2.24) is 10.3 Å². The average Bonchev–Trinajstić information content (AvgIpc) is 3.32. The summed E-state index contributed by atoms with van der Waals surface area (Å²) < 4.78 is 10.7. The molecule has 3 aromatic rings. The minimum Gasteiger partial charge on any atom is -0.473 e. The van der Waals surface area contributed by atoms with Crippen LogP contribution in [0.4, 0.5) is 0 Å². The molecule has 2 heterocycles. The summed E-state index contributed by atoms with van der Waals surface area (Å²) >= 11 is 0. The van der Waals surface area contributed by atoms with Crippen LogP contribution in [0.15, 0.2) is 48.7 Å². The Balaban J connectivity index is 0.000000330. The van der Waals surface area contributed by atoms with Gasteiger partial charge in [-0.15, -0.1) is 0 Å². The number of carboxylic acid groups (broad SMARTS) is 2. The number of ether oxygens (including phenoxy) is 2. The number of carboxylic acids is 2. The first-order valence-electron chi connectivity index (χ1n) is 8.65. The Morgan fingerprint density at radius 2 is 1.79 bits per heavy atom. The molecule has 4 N–H and O–H groups in total. The monoisotopic (exact) mass is 384 g/mol. The van der Waals surface area contributed by atoms with Crippen molar-refractivity contribution in [3.05, 3.63) is 59.8 Å². The SMILES string of the molecule is O=C(O)C(=O)O.c1ccc2c(CCNCc3ccc4c(c3)OCO4)c[nH]c2c1. The van der Waals surface area contributed by atoms with E-state index in [0.29, 0.717) is 6.79 Å². The van der Waals surface area contributed by atoms with E-state index in [4.69, 9.17) is 29.3 Å². The van der Waals surface area contributed by atoms with Gasteiger partial charge in [0, 0.05) is 23.6 Å². The van der Waals surface area contributed by atoms with E-state index in [9.17, 15) is 0 Å². The quantitative estimate of drug-likeness (QED) is 0.394.